The van der Waals surface area contributed by atoms with E-state index in [9.17, 15) is 0 Å². The summed E-state index contributed by atoms with van der Waals surface area (Å²) in [5.74, 6) is 1.42. The molecule has 2 rings (SSSR count). The Labute approximate surface area is 163 Å². The molecule has 2 N–H and O–H groups in total. The van der Waals surface area contributed by atoms with Crippen LogP contribution in [0.1, 0.15) is 38.7 Å². The van der Waals surface area contributed by atoms with Gasteiger partial charge in [-0.05, 0) is 45.3 Å². The van der Waals surface area contributed by atoms with Crippen LogP contribution in [0, 0.1) is 0 Å². The minimum Gasteiger partial charge on any atom is -0.475 e. The number of piperidine rings is 1. The fourth-order valence-electron chi connectivity index (χ4n) is 3.15. The lowest BCUT2D eigenvalue weighted by Gasteiger charge is -2.41. The van der Waals surface area contributed by atoms with Gasteiger partial charge in [-0.15, -0.1) is 0 Å². The molecule has 0 bridgehead atoms. The van der Waals surface area contributed by atoms with Crippen molar-refractivity contribution < 1.29 is 9.47 Å². The number of pyridine rings is 1. The lowest BCUT2D eigenvalue weighted by atomic mass is 9.98. The summed E-state index contributed by atoms with van der Waals surface area (Å²) in [5, 5.41) is 6.81. The molecule has 0 amide bonds. The average molecular weight is 378 g/mol. The maximum absolute atomic E-state index is 5.48. The van der Waals surface area contributed by atoms with Crippen LogP contribution in [-0.4, -0.2) is 68.4 Å². The monoisotopic (exact) mass is 377 g/mol. The van der Waals surface area contributed by atoms with E-state index in [1.165, 1.54) is 32.4 Å². The predicted molar refractivity (Wildman–Crippen MR) is 109 cm³/mol. The Morgan fingerprint density at radius 1 is 1.19 bits per heavy atom. The molecule has 1 aromatic rings. The second-order valence-corrected chi connectivity index (χ2v) is 7.49. The molecule has 1 aliphatic rings. The number of rotatable bonds is 9. The van der Waals surface area contributed by atoms with Crippen LogP contribution in [0.25, 0.3) is 0 Å². The zero-order valence-corrected chi connectivity index (χ0v) is 17.3. The van der Waals surface area contributed by atoms with Crippen LogP contribution < -0.4 is 15.4 Å². The van der Waals surface area contributed by atoms with Gasteiger partial charge in [-0.3, -0.25) is 9.89 Å². The van der Waals surface area contributed by atoms with Gasteiger partial charge in [-0.2, -0.15) is 0 Å². The van der Waals surface area contributed by atoms with Crippen molar-refractivity contribution in [3.63, 3.8) is 0 Å². The number of aromatic nitrogens is 1. The standard InChI is InChI=1S/C20H35N5O2/c1-20(2,25-10-6-5-7-11-25)16-24-19(21-3)23-15-17-8-9-18(22-14-17)27-13-12-26-4/h8-9,14H,5-7,10-13,15-16H2,1-4H3,(H2,21,23,24). The summed E-state index contributed by atoms with van der Waals surface area (Å²) >= 11 is 0. The third kappa shape index (κ3) is 7.34. The highest BCUT2D eigenvalue weighted by atomic mass is 16.5. The number of likely N-dealkylation sites (tertiary alicyclic amines) is 1. The number of aliphatic imine (C=N–C) groups is 1. The van der Waals surface area contributed by atoms with Crippen molar-refractivity contribution in [1.29, 1.82) is 0 Å². The molecule has 0 radical (unpaired) electrons. The fraction of sp³-hybridized carbons (Fsp3) is 0.700. The molecule has 2 heterocycles. The Morgan fingerprint density at radius 2 is 1.96 bits per heavy atom. The molecule has 1 fully saturated rings. The Balaban J connectivity index is 1.76. The molecule has 1 aliphatic heterocycles. The molecule has 0 saturated carbocycles. The zero-order valence-electron chi connectivity index (χ0n) is 17.3. The van der Waals surface area contributed by atoms with Crippen LogP contribution in [0.2, 0.25) is 0 Å². The van der Waals surface area contributed by atoms with E-state index < -0.39 is 0 Å². The van der Waals surface area contributed by atoms with Crippen LogP contribution in [0.4, 0.5) is 0 Å². The number of guanidine groups is 1. The van der Waals surface area contributed by atoms with Crippen molar-refractivity contribution >= 4 is 5.96 Å². The molecule has 27 heavy (non-hydrogen) atoms. The second-order valence-electron chi connectivity index (χ2n) is 7.49. The highest BCUT2D eigenvalue weighted by molar-refractivity contribution is 5.79. The summed E-state index contributed by atoms with van der Waals surface area (Å²) in [7, 11) is 3.45. The number of nitrogens with zero attached hydrogens (tertiary/aromatic N) is 3. The molecule has 7 nitrogen and oxygen atoms in total. The first-order valence-electron chi connectivity index (χ1n) is 9.81. The van der Waals surface area contributed by atoms with E-state index in [0.717, 1.165) is 18.1 Å². The van der Waals surface area contributed by atoms with E-state index in [0.29, 0.717) is 25.6 Å². The highest BCUT2D eigenvalue weighted by Gasteiger charge is 2.27. The average Bonchev–Trinajstić information content (AvgIpc) is 2.70. The van der Waals surface area contributed by atoms with E-state index >= 15 is 0 Å². The van der Waals surface area contributed by atoms with Crippen LogP contribution in [0.3, 0.4) is 0 Å². The normalized spacial score (nSPS) is 16.2. The second kappa shape index (κ2) is 11.1. The van der Waals surface area contributed by atoms with Gasteiger partial charge in [-0.1, -0.05) is 12.5 Å². The van der Waals surface area contributed by atoms with Crippen molar-refractivity contribution in [3.05, 3.63) is 23.9 Å². The maximum atomic E-state index is 5.48. The SMILES string of the molecule is CN=C(NCc1ccc(OCCOC)nc1)NCC(C)(C)N1CCCCC1. The first kappa shape index (κ1) is 21.4. The van der Waals surface area contributed by atoms with Gasteiger partial charge in [0, 0.05) is 45.0 Å². The van der Waals surface area contributed by atoms with Gasteiger partial charge in [0.05, 0.1) is 6.61 Å². The number of nitrogens with one attached hydrogen (secondary N) is 2. The Hall–Kier alpha value is -1.86. The van der Waals surface area contributed by atoms with Gasteiger partial charge >= 0.3 is 0 Å². The molecule has 0 aromatic carbocycles. The van der Waals surface area contributed by atoms with Gasteiger partial charge in [0.15, 0.2) is 5.96 Å². The highest BCUT2D eigenvalue weighted by Crippen LogP contribution is 2.19. The lowest BCUT2D eigenvalue weighted by molar-refractivity contribution is 0.0982. The molecule has 152 valence electrons. The van der Waals surface area contributed by atoms with E-state index in [-0.39, 0.29) is 5.54 Å². The number of methoxy groups -OCH3 is 1. The molecular weight excluding hydrogens is 342 g/mol. The van der Waals surface area contributed by atoms with E-state index in [4.69, 9.17) is 9.47 Å². The molecule has 1 aromatic heterocycles. The molecular formula is C20H35N5O2. The fourth-order valence-corrected chi connectivity index (χ4v) is 3.15. The lowest BCUT2D eigenvalue weighted by Crippen LogP contribution is -2.54. The van der Waals surface area contributed by atoms with Crippen LogP contribution >= 0.6 is 0 Å². The Bertz CT molecular complexity index is 568. The molecule has 7 heteroatoms. The third-order valence-corrected chi connectivity index (χ3v) is 4.92. The smallest absolute Gasteiger partial charge is 0.213 e. The van der Waals surface area contributed by atoms with Gasteiger partial charge < -0.3 is 20.1 Å². The summed E-state index contributed by atoms with van der Waals surface area (Å²) in [6, 6.07) is 3.88. The van der Waals surface area contributed by atoms with Gasteiger partial charge in [0.25, 0.3) is 0 Å². The van der Waals surface area contributed by atoms with Crippen LogP contribution in [-0.2, 0) is 11.3 Å². The summed E-state index contributed by atoms with van der Waals surface area (Å²) in [6.07, 6.45) is 5.77. The number of hydrogen-bond acceptors (Lipinski definition) is 5. The van der Waals surface area contributed by atoms with Crippen molar-refractivity contribution in [1.82, 2.24) is 20.5 Å². The van der Waals surface area contributed by atoms with Crippen molar-refractivity contribution in [3.8, 4) is 5.88 Å². The minimum absolute atomic E-state index is 0.112. The largest absolute Gasteiger partial charge is 0.475 e. The maximum Gasteiger partial charge on any atom is 0.213 e. The summed E-state index contributed by atoms with van der Waals surface area (Å²) in [6.45, 7) is 9.55. The first-order valence-corrected chi connectivity index (χ1v) is 9.81. The molecule has 0 aliphatic carbocycles. The van der Waals surface area contributed by atoms with Crippen molar-refractivity contribution in [2.45, 2.75) is 45.2 Å². The van der Waals surface area contributed by atoms with Gasteiger partial charge in [-0.25, -0.2) is 4.98 Å². The number of ether oxygens (including phenoxy) is 2. The summed E-state index contributed by atoms with van der Waals surface area (Å²) in [4.78, 5) is 11.2. The minimum atomic E-state index is 0.112. The van der Waals surface area contributed by atoms with Crippen LogP contribution in [0.5, 0.6) is 5.88 Å². The quantitative estimate of drug-likeness (QED) is 0.390. The van der Waals surface area contributed by atoms with E-state index in [1.807, 2.05) is 18.3 Å². The Kier molecular flexibility index (Phi) is 8.81. The van der Waals surface area contributed by atoms with Crippen molar-refractivity contribution in [2.24, 2.45) is 4.99 Å². The van der Waals surface area contributed by atoms with Crippen molar-refractivity contribution in [2.75, 3.05) is 47.0 Å². The van der Waals surface area contributed by atoms with Gasteiger partial charge in [0.2, 0.25) is 5.88 Å². The number of hydrogen-bond donors (Lipinski definition) is 2. The zero-order chi connectivity index (χ0) is 19.5. The molecule has 0 atom stereocenters. The predicted octanol–water partition coefficient (Wildman–Crippen LogP) is 2.04. The molecule has 0 spiro atoms. The van der Waals surface area contributed by atoms with Crippen LogP contribution in [0.15, 0.2) is 23.3 Å². The summed E-state index contributed by atoms with van der Waals surface area (Å²) in [5.41, 5.74) is 1.19. The molecule has 1 saturated heterocycles. The first-order chi connectivity index (χ1) is 13.0. The van der Waals surface area contributed by atoms with E-state index in [1.54, 1.807) is 14.2 Å². The third-order valence-electron chi connectivity index (χ3n) is 4.92. The van der Waals surface area contributed by atoms with Gasteiger partial charge in [0.1, 0.15) is 6.61 Å². The topological polar surface area (TPSA) is 71.0 Å². The molecule has 0 unspecified atom stereocenters. The summed E-state index contributed by atoms with van der Waals surface area (Å²) < 4.78 is 10.4. The Morgan fingerprint density at radius 3 is 2.59 bits per heavy atom. The van der Waals surface area contributed by atoms with E-state index in [2.05, 4.69) is 39.4 Å².